The number of anilines is 1. The molecule has 124 valence electrons. The van der Waals surface area contributed by atoms with Crippen molar-refractivity contribution < 1.29 is 10.0 Å². The number of rotatable bonds is 3. The molecule has 1 fully saturated rings. The molecule has 24 heavy (non-hydrogen) atoms. The van der Waals surface area contributed by atoms with Crippen molar-refractivity contribution in [2.45, 2.75) is 0 Å². The highest BCUT2D eigenvalue weighted by Crippen LogP contribution is 2.23. The monoisotopic (exact) mass is 343 g/mol. The van der Waals surface area contributed by atoms with Gasteiger partial charge in [-0.3, -0.25) is 10.1 Å². The first kappa shape index (κ1) is 16.2. The van der Waals surface area contributed by atoms with Gasteiger partial charge in [0.05, 0.1) is 4.92 Å². The smallest absolute Gasteiger partial charge is 0.271 e. The Hall–Kier alpha value is -2.67. The van der Waals surface area contributed by atoms with E-state index in [2.05, 4.69) is 9.80 Å². The molecule has 0 radical (unpaired) electrons. The Morgan fingerprint density at radius 2 is 1.75 bits per heavy atom. The normalized spacial score (nSPS) is 14.5. The Labute approximate surface area is 145 Å². The molecule has 0 aliphatic carbocycles. The highest BCUT2D eigenvalue weighted by Gasteiger charge is 2.21. The average molecular weight is 343 g/mol. The maximum Gasteiger partial charge on any atom is 0.271 e. The molecule has 0 saturated carbocycles. The van der Waals surface area contributed by atoms with E-state index in [0.717, 1.165) is 42.4 Å². The van der Waals surface area contributed by atoms with Crippen molar-refractivity contribution in [3.8, 4) is 5.75 Å². The number of benzene rings is 2. The van der Waals surface area contributed by atoms with E-state index >= 15 is 0 Å². The summed E-state index contributed by atoms with van der Waals surface area (Å²) in [7, 11) is 0. The molecule has 1 heterocycles. The van der Waals surface area contributed by atoms with Crippen molar-refractivity contribution in [1.29, 1.82) is 0 Å². The lowest BCUT2D eigenvalue weighted by Crippen LogP contribution is -2.48. The fourth-order valence-electron chi connectivity index (χ4n) is 2.76. The lowest BCUT2D eigenvalue weighted by atomic mass is 10.1. The van der Waals surface area contributed by atoms with E-state index in [4.69, 9.17) is 12.2 Å². The van der Waals surface area contributed by atoms with Crippen LogP contribution in [0.1, 0.15) is 5.56 Å². The Bertz CT molecular complexity index is 756. The number of nitro benzene ring substituents is 1. The van der Waals surface area contributed by atoms with Crippen LogP contribution in [0.3, 0.4) is 0 Å². The average Bonchev–Trinajstić information content (AvgIpc) is 2.62. The molecule has 7 heteroatoms. The number of phenolic OH excluding ortho intramolecular Hbond substituents is 1. The molecule has 6 nitrogen and oxygen atoms in total. The van der Waals surface area contributed by atoms with Crippen molar-refractivity contribution in [3.63, 3.8) is 0 Å². The van der Waals surface area contributed by atoms with Gasteiger partial charge in [-0.2, -0.15) is 0 Å². The summed E-state index contributed by atoms with van der Waals surface area (Å²) in [5.41, 5.74) is 1.88. The molecule has 0 amide bonds. The summed E-state index contributed by atoms with van der Waals surface area (Å²) in [5, 5.41) is 20.3. The third-order valence-electron chi connectivity index (χ3n) is 4.09. The van der Waals surface area contributed by atoms with Crippen LogP contribution >= 0.6 is 12.2 Å². The van der Waals surface area contributed by atoms with E-state index < -0.39 is 0 Å². The second kappa shape index (κ2) is 6.84. The number of non-ortho nitro benzene ring substituents is 1. The van der Waals surface area contributed by atoms with Gasteiger partial charge in [0.25, 0.3) is 5.69 Å². The van der Waals surface area contributed by atoms with Crippen LogP contribution in [0.4, 0.5) is 11.4 Å². The van der Waals surface area contributed by atoms with Crippen LogP contribution in [0.25, 0.3) is 0 Å². The second-order valence-electron chi connectivity index (χ2n) is 5.60. The summed E-state index contributed by atoms with van der Waals surface area (Å²) < 4.78 is 0. The maximum absolute atomic E-state index is 10.9. The fourth-order valence-corrected chi connectivity index (χ4v) is 3.08. The first-order chi connectivity index (χ1) is 11.5. The molecule has 0 bridgehead atoms. The first-order valence-corrected chi connectivity index (χ1v) is 8.03. The van der Waals surface area contributed by atoms with Crippen LogP contribution in [-0.4, -0.2) is 46.1 Å². The molecular weight excluding hydrogens is 326 g/mol. The molecule has 0 aromatic heterocycles. The van der Waals surface area contributed by atoms with Crippen LogP contribution in [0.2, 0.25) is 0 Å². The van der Waals surface area contributed by atoms with Crippen LogP contribution in [-0.2, 0) is 0 Å². The molecule has 1 aliphatic heterocycles. The van der Waals surface area contributed by atoms with Gasteiger partial charge >= 0.3 is 0 Å². The van der Waals surface area contributed by atoms with Gasteiger partial charge in [0, 0.05) is 49.6 Å². The topological polar surface area (TPSA) is 69.9 Å². The summed E-state index contributed by atoms with van der Waals surface area (Å²) in [6.07, 6.45) is 0. The van der Waals surface area contributed by atoms with Gasteiger partial charge < -0.3 is 14.9 Å². The van der Waals surface area contributed by atoms with Crippen molar-refractivity contribution in [2.24, 2.45) is 0 Å². The zero-order valence-corrected chi connectivity index (χ0v) is 13.8. The van der Waals surface area contributed by atoms with Crippen LogP contribution in [0, 0.1) is 10.1 Å². The standard InChI is InChI=1S/C17H17N3O3S/c21-16-6-4-13(5-7-16)17(24)19-10-8-18(9-11-19)14-2-1-3-15(12-14)20(22)23/h1-7,12,21H,8-11H2. The van der Waals surface area contributed by atoms with Crippen molar-refractivity contribution in [1.82, 2.24) is 4.90 Å². The van der Waals surface area contributed by atoms with Gasteiger partial charge in [-0.25, -0.2) is 0 Å². The second-order valence-corrected chi connectivity index (χ2v) is 5.99. The Kier molecular flexibility index (Phi) is 4.61. The number of thiocarbonyl (C=S) groups is 1. The van der Waals surface area contributed by atoms with Crippen molar-refractivity contribution in [2.75, 3.05) is 31.1 Å². The molecule has 0 unspecified atom stereocenters. The molecule has 2 aromatic carbocycles. The fraction of sp³-hybridized carbons (Fsp3) is 0.235. The van der Waals surface area contributed by atoms with E-state index in [1.54, 1.807) is 24.3 Å². The molecule has 1 N–H and O–H groups in total. The molecule has 2 aromatic rings. The van der Waals surface area contributed by atoms with E-state index in [1.807, 2.05) is 18.2 Å². The first-order valence-electron chi connectivity index (χ1n) is 7.62. The zero-order chi connectivity index (χ0) is 17.1. The van der Waals surface area contributed by atoms with Gasteiger partial charge in [-0.1, -0.05) is 18.3 Å². The van der Waals surface area contributed by atoms with Gasteiger partial charge in [-0.15, -0.1) is 0 Å². The molecular formula is C17H17N3O3S. The summed E-state index contributed by atoms with van der Waals surface area (Å²) in [5.74, 6) is 0.219. The Balaban J connectivity index is 1.65. The number of aromatic hydroxyl groups is 1. The molecule has 3 rings (SSSR count). The maximum atomic E-state index is 10.9. The molecule has 0 atom stereocenters. The quantitative estimate of drug-likeness (QED) is 0.525. The van der Waals surface area contributed by atoms with Crippen LogP contribution < -0.4 is 4.90 Å². The molecule has 1 aliphatic rings. The largest absolute Gasteiger partial charge is 0.508 e. The van der Waals surface area contributed by atoms with Gasteiger partial charge in [-0.05, 0) is 30.3 Å². The van der Waals surface area contributed by atoms with Gasteiger partial charge in [0.15, 0.2) is 0 Å². The van der Waals surface area contributed by atoms with E-state index in [0.29, 0.717) is 0 Å². The third-order valence-corrected chi connectivity index (χ3v) is 4.58. The number of hydrogen-bond donors (Lipinski definition) is 1. The number of nitrogens with zero attached hydrogens (tertiary/aromatic N) is 3. The Morgan fingerprint density at radius 3 is 2.38 bits per heavy atom. The highest BCUT2D eigenvalue weighted by atomic mass is 32.1. The van der Waals surface area contributed by atoms with Crippen molar-refractivity contribution >= 4 is 28.6 Å². The number of piperazine rings is 1. The van der Waals surface area contributed by atoms with E-state index in [-0.39, 0.29) is 16.4 Å². The summed E-state index contributed by atoms with van der Waals surface area (Å²) in [6, 6.07) is 13.6. The van der Waals surface area contributed by atoms with E-state index in [9.17, 15) is 15.2 Å². The van der Waals surface area contributed by atoms with Crippen molar-refractivity contribution in [3.05, 3.63) is 64.2 Å². The lowest BCUT2D eigenvalue weighted by Gasteiger charge is -2.37. The van der Waals surface area contributed by atoms with Gasteiger partial charge in [0.2, 0.25) is 0 Å². The lowest BCUT2D eigenvalue weighted by molar-refractivity contribution is -0.384. The minimum absolute atomic E-state index is 0.106. The summed E-state index contributed by atoms with van der Waals surface area (Å²) in [4.78, 5) is 15.5. The van der Waals surface area contributed by atoms with Gasteiger partial charge in [0.1, 0.15) is 10.7 Å². The predicted molar refractivity (Wildman–Crippen MR) is 96.7 cm³/mol. The van der Waals surface area contributed by atoms with Crippen LogP contribution in [0.5, 0.6) is 5.75 Å². The van der Waals surface area contributed by atoms with Crippen LogP contribution in [0.15, 0.2) is 48.5 Å². The Morgan fingerprint density at radius 1 is 1.08 bits per heavy atom. The number of nitro groups is 1. The minimum Gasteiger partial charge on any atom is -0.508 e. The third kappa shape index (κ3) is 3.46. The van der Waals surface area contributed by atoms with E-state index in [1.165, 1.54) is 6.07 Å². The zero-order valence-electron chi connectivity index (χ0n) is 13.0. The highest BCUT2D eigenvalue weighted by molar-refractivity contribution is 7.80. The minimum atomic E-state index is -0.375. The summed E-state index contributed by atoms with van der Waals surface area (Å²) in [6.45, 7) is 3.00. The number of phenols is 1. The predicted octanol–water partition coefficient (Wildman–Crippen LogP) is 2.80. The molecule has 0 spiro atoms. The molecule has 1 saturated heterocycles. The SMILES string of the molecule is O=[N+]([O-])c1cccc(N2CCN(C(=S)c3ccc(O)cc3)CC2)c1. The number of hydrogen-bond acceptors (Lipinski definition) is 5. The summed E-state index contributed by atoms with van der Waals surface area (Å²) >= 11 is 5.53.